The Hall–Kier alpha value is -10.7. The lowest BCUT2D eigenvalue weighted by molar-refractivity contribution is 1.18. The number of nitrogens with zero attached hydrogens (tertiary/aromatic N) is 4. The largest absolute Gasteiger partial charge is 0.309 e. The maximum atomic E-state index is 4.97. The molecule has 0 bridgehead atoms. The summed E-state index contributed by atoms with van der Waals surface area (Å²) in [6.07, 6.45) is 3.61. The Kier molecular flexibility index (Phi) is 10.5. The number of fused-ring (bicyclic) bond motifs is 12. The van der Waals surface area contributed by atoms with E-state index < -0.39 is 0 Å². The molecular weight excluding hydrogens is 969 g/mol. The van der Waals surface area contributed by atoms with E-state index in [1.807, 2.05) is 12.4 Å². The van der Waals surface area contributed by atoms with Crippen LogP contribution in [0, 0.1) is 0 Å². The van der Waals surface area contributed by atoms with E-state index in [-0.39, 0.29) is 0 Å². The Morgan fingerprint density at radius 2 is 0.450 bits per heavy atom. The molecule has 80 heavy (non-hydrogen) atoms. The highest BCUT2D eigenvalue weighted by Gasteiger charge is 2.19. The first-order valence-corrected chi connectivity index (χ1v) is 27.4. The second kappa shape index (κ2) is 18.5. The van der Waals surface area contributed by atoms with Crippen LogP contribution in [0.25, 0.3) is 154 Å². The lowest BCUT2D eigenvalue weighted by Gasteiger charge is -2.14. The van der Waals surface area contributed by atoms with E-state index in [4.69, 9.17) is 9.97 Å². The summed E-state index contributed by atoms with van der Waals surface area (Å²) in [4.78, 5) is 9.93. The zero-order valence-electron chi connectivity index (χ0n) is 43.5. The molecule has 0 saturated heterocycles. The summed E-state index contributed by atoms with van der Waals surface area (Å²) in [5.41, 5.74) is 22.8. The van der Waals surface area contributed by atoms with Gasteiger partial charge >= 0.3 is 0 Å². The molecule has 0 saturated carbocycles. The minimum atomic E-state index is 0.900. The summed E-state index contributed by atoms with van der Waals surface area (Å²) in [5, 5.41) is 9.32. The quantitative estimate of drug-likeness (QED) is 0.142. The van der Waals surface area contributed by atoms with Crippen molar-refractivity contribution in [3.63, 3.8) is 0 Å². The summed E-state index contributed by atoms with van der Waals surface area (Å²) in [6, 6.07) is 102. The highest BCUT2D eigenvalue weighted by molar-refractivity contribution is 6.24. The van der Waals surface area contributed by atoms with Crippen LogP contribution in [-0.4, -0.2) is 19.1 Å². The van der Waals surface area contributed by atoms with Gasteiger partial charge in [0.15, 0.2) is 0 Å². The molecule has 0 fully saturated rings. The average Bonchev–Trinajstić information content (AvgIpc) is 4.14. The van der Waals surface area contributed by atoms with Crippen LogP contribution in [0.5, 0.6) is 0 Å². The Morgan fingerprint density at radius 3 is 0.775 bits per heavy atom. The fraction of sp³-hybridized carbons (Fsp3) is 0. The molecule has 0 radical (unpaired) electrons. The van der Waals surface area contributed by atoms with E-state index in [2.05, 4.69) is 288 Å². The monoisotopic (exact) mass is 1020 g/mol. The normalized spacial score (nSPS) is 11.8. The molecule has 0 unspecified atom stereocenters. The molecule has 3 heterocycles. The summed E-state index contributed by atoms with van der Waals surface area (Å²) in [6.45, 7) is 0. The zero-order valence-corrected chi connectivity index (χ0v) is 43.5. The maximum Gasteiger partial charge on any atom is 0.0971 e. The second-order valence-corrected chi connectivity index (χ2v) is 20.9. The van der Waals surface area contributed by atoms with Crippen molar-refractivity contribution < 1.29 is 0 Å². The predicted molar refractivity (Wildman–Crippen MR) is 336 cm³/mol. The van der Waals surface area contributed by atoms with Crippen molar-refractivity contribution in [1.82, 2.24) is 19.1 Å². The Bertz CT molecular complexity index is 4580. The van der Waals surface area contributed by atoms with E-state index in [9.17, 15) is 0 Å². The lowest BCUT2D eigenvalue weighted by atomic mass is 9.93. The second-order valence-electron chi connectivity index (χ2n) is 20.9. The Labute approximate surface area is 462 Å². The van der Waals surface area contributed by atoms with Crippen LogP contribution in [0.4, 0.5) is 0 Å². The van der Waals surface area contributed by atoms with Gasteiger partial charge in [0.05, 0.1) is 33.1 Å². The van der Waals surface area contributed by atoms with E-state index in [0.717, 1.165) is 66.2 Å². The summed E-state index contributed by atoms with van der Waals surface area (Å²) < 4.78 is 4.86. The van der Waals surface area contributed by atoms with Gasteiger partial charge in [-0.1, -0.05) is 194 Å². The lowest BCUT2D eigenvalue weighted by Crippen LogP contribution is -1.95. The van der Waals surface area contributed by atoms with Crippen molar-refractivity contribution in [2.45, 2.75) is 0 Å². The van der Waals surface area contributed by atoms with Crippen LogP contribution >= 0.6 is 0 Å². The van der Waals surface area contributed by atoms with Gasteiger partial charge in [-0.25, -0.2) is 0 Å². The Balaban J connectivity index is 0.833. The topological polar surface area (TPSA) is 35.6 Å². The van der Waals surface area contributed by atoms with Crippen LogP contribution in [0.15, 0.2) is 291 Å². The van der Waals surface area contributed by atoms with E-state index in [0.29, 0.717) is 0 Å². The number of hydrogen-bond acceptors (Lipinski definition) is 2. The minimum absolute atomic E-state index is 0.900. The van der Waals surface area contributed by atoms with Crippen molar-refractivity contribution in [3.8, 4) is 78.1 Å². The Morgan fingerprint density at radius 1 is 0.188 bits per heavy atom. The predicted octanol–water partition coefficient (Wildman–Crippen LogP) is 20.1. The summed E-state index contributed by atoms with van der Waals surface area (Å²) in [5.74, 6) is 0. The van der Waals surface area contributed by atoms with Crippen LogP contribution in [0.2, 0.25) is 0 Å². The molecule has 0 amide bonds. The van der Waals surface area contributed by atoms with Crippen LogP contribution in [0.3, 0.4) is 0 Å². The molecule has 0 spiro atoms. The third-order valence-corrected chi connectivity index (χ3v) is 16.4. The van der Waals surface area contributed by atoms with Crippen molar-refractivity contribution in [3.05, 3.63) is 291 Å². The first-order chi connectivity index (χ1) is 39.6. The van der Waals surface area contributed by atoms with Gasteiger partial charge in [-0.3, -0.25) is 9.97 Å². The molecule has 4 nitrogen and oxygen atoms in total. The van der Waals surface area contributed by atoms with Gasteiger partial charge in [0.25, 0.3) is 0 Å². The zero-order chi connectivity index (χ0) is 52.7. The molecule has 4 heteroatoms. The fourth-order valence-corrected chi connectivity index (χ4v) is 12.5. The minimum Gasteiger partial charge on any atom is -0.309 e. The standard InChI is InChI=1S/C76H48N4/c1-5-15-49(16-6-1)55-29-35-71-67(45-55)68-46-56(50-17-7-2-8-18-50)30-36-72(68)79(71)61-25-13-23-53(41-61)59-27-33-63-65(43-59)66-44-60(28-34-64(66)76-75(63)77-39-40-78-76)54-24-14-26-62(42-54)80-73-37-31-57(51-19-9-3-10-20-51)47-69(73)70-48-58(32-38-74(70)80)52-21-11-4-12-22-52/h1-48H. The average molecular weight is 1020 g/mol. The smallest absolute Gasteiger partial charge is 0.0971 e. The number of benzene rings is 13. The van der Waals surface area contributed by atoms with Crippen LogP contribution in [-0.2, 0) is 0 Å². The van der Waals surface area contributed by atoms with Gasteiger partial charge in [-0.05, 0) is 162 Å². The molecule has 16 rings (SSSR count). The maximum absolute atomic E-state index is 4.97. The van der Waals surface area contributed by atoms with Gasteiger partial charge in [0, 0.05) is 56.1 Å². The molecule has 16 aromatic rings. The van der Waals surface area contributed by atoms with Crippen molar-refractivity contribution in [2.24, 2.45) is 0 Å². The molecule has 3 aromatic heterocycles. The van der Waals surface area contributed by atoms with E-state index in [1.165, 1.54) is 88.1 Å². The van der Waals surface area contributed by atoms with Crippen molar-refractivity contribution >= 4 is 76.2 Å². The first kappa shape index (κ1) is 45.5. The SMILES string of the molecule is c1ccc(-c2ccc3c(c2)c2cc(-c4ccccc4)ccc2n3-c2cccc(-c3ccc4c(c3)c3cc(-c5cccc(-n6c7ccc(-c8ccccc8)cc7c7cc(-c8ccccc8)ccc76)c5)ccc3c3nccnc43)c2)cc1. The first-order valence-electron chi connectivity index (χ1n) is 27.4. The number of rotatable bonds is 8. The van der Waals surface area contributed by atoms with E-state index in [1.54, 1.807) is 0 Å². The molecule has 0 aliphatic heterocycles. The van der Waals surface area contributed by atoms with Gasteiger partial charge in [-0.15, -0.1) is 0 Å². The van der Waals surface area contributed by atoms with Gasteiger partial charge in [0.1, 0.15) is 0 Å². The van der Waals surface area contributed by atoms with E-state index >= 15 is 0 Å². The van der Waals surface area contributed by atoms with Crippen LogP contribution in [0.1, 0.15) is 0 Å². The summed E-state index contributed by atoms with van der Waals surface area (Å²) in [7, 11) is 0. The van der Waals surface area contributed by atoms with Gasteiger partial charge in [-0.2, -0.15) is 0 Å². The third-order valence-electron chi connectivity index (χ3n) is 16.4. The summed E-state index contributed by atoms with van der Waals surface area (Å²) >= 11 is 0. The molecule has 0 atom stereocenters. The molecule has 0 aliphatic carbocycles. The highest BCUT2D eigenvalue weighted by atomic mass is 15.0. The van der Waals surface area contributed by atoms with Crippen LogP contribution < -0.4 is 0 Å². The van der Waals surface area contributed by atoms with Crippen molar-refractivity contribution in [2.75, 3.05) is 0 Å². The highest BCUT2D eigenvalue weighted by Crippen LogP contribution is 2.42. The van der Waals surface area contributed by atoms with Gasteiger partial charge < -0.3 is 9.13 Å². The molecule has 13 aromatic carbocycles. The third kappa shape index (κ3) is 7.53. The molecular formula is C76H48N4. The number of aromatic nitrogens is 4. The molecule has 0 aliphatic rings. The fourth-order valence-electron chi connectivity index (χ4n) is 12.5. The van der Waals surface area contributed by atoms with Crippen molar-refractivity contribution in [1.29, 1.82) is 0 Å². The molecule has 372 valence electrons. The number of hydrogen-bond donors (Lipinski definition) is 0. The van der Waals surface area contributed by atoms with Gasteiger partial charge in [0.2, 0.25) is 0 Å². The molecule has 0 N–H and O–H groups in total.